The number of ether oxygens (including phenoxy) is 1. The zero-order valence-electron chi connectivity index (χ0n) is 31.7. The predicted molar refractivity (Wildman–Crippen MR) is 256 cm³/mol. The molecule has 12 rings (SSSR count). The van der Waals surface area contributed by atoms with E-state index in [9.17, 15) is 14.4 Å². The molecule has 292 valence electrons. The molecule has 0 unspecified atom stereocenters. The minimum absolute atomic E-state index is 0.132. The molecule has 0 saturated carbocycles. The first-order valence-electron chi connectivity index (χ1n) is 18.9. The highest BCUT2D eigenvalue weighted by atomic mass is 32.1. The number of carbonyl (C=O) groups excluding carboxylic acids is 3. The van der Waals surface area contributed by atoms with Gasteiger partial charge in [0.05, 0.1) is 59.2 Å². The van der Waals surface area contributed by atoms with Crippen LogP contribution in [0.5, 0.6) is 0 Å². The molecule has 0 spiro atoms. The Morgan fingerprint density at radius 2 is 0.933 bits per heavy atom. The molecule has 0 amide bonds. The highest BCUT2D eigenvalue weighted by Gasteiger charge is 2.25. The summed E-state index contributed by atoms with van der Waals surface area (Å²) in [4.78, 5) is 54.4. The van der Waals surface area contributed by atoms with E-state index in [0.29, 0.717) is 12.2 Å². The second-order valence-corrected chi connectivity index (χ2v) is 19.7. The largest absolute Gasteiger partial charge is 0.462 e. The van der Waals surface area contributed by atoms with Crippen LogP contribution in [0.15, 0.2) is 117 Å². The fourth-order valence-corrected chi connectivity index (χ4v) is 16.7. The van der Waals surface area contributed by atoms with Crippen molar-refractivity contribution < 1.29 is 19.1 Å². The lowest BCUT2D eigenvalue weighted by molar-refractivity contribution is -0.191. The third-order valence-electron chi connectivity index (χ3n) is 10.7. The standard InChI is InChI=1S/C25H20O2S3.C22H8O2S3.CO2/c1-3-15-9-5-6-10-16(15)19-13-28-23-21(19)30-22-20(14-29-24(22)23)17-11-7-8-12-18(17)25(26)27-4-2;23-15-11-7-3-1-5-9(11)13-17(15)25-21-19(13)27-20-14-10-6-2-4-8-12(10)16(24)18(14)26-22(20)21;2-1-3/h5-14H,3-4H2,1-2H3;1-8H;. The molecule has 6 heterocycles. The Kier molecular flexibility index (Phi) is 9.89. The van der Waals surface area contributed by atoms with Crippen LogP contribution in [0.3, 0.4) is 0 Å². The van der Waals surface area contributed by atoms with E-state index in [-0.39, 0.29) is 23.0 Å². The molecule has 0 aliphatic heterocycles. The quantitative estimate of drug-likeness (QED) is 0.160. The Morgan fingerprint density at radius 1 is 0.500 bits per heavy atom. The highest BCUT2D eigenvalue weighted by Crippen LogP contribution is 2.53. The molecule has 0 N–H and O–H groups in total. The maximum Gasteiger partial charge on any atom is 0.373 e. The highest BCUT2D eigenvalue weighted by molar-refractivity contribution is 7.43. The molecule has 6 aromatic carbocycles. The van der Waals surface area contributed by atoms with E-state index in [2.05, 4.69) is 41.9 Å². The van der Waals surface area contributed by atoms with Gasteiger partial charge in [0, 0.05) is 43.4 Å². The molecule has 0 bridgehead atoms. The van der Waals surface area contributed by atoms with Crippen molar-refractivity contribution in [2.75, 3.05) is 6.61 Å². The number of fused-ring (bicyclic) bond motifs is 14. The molecule has 6 aromatic heterocycles. The number of benzene rings is 4. The number of hydrogen-bond acceptors (Lipinski definition) is 12. The Bertz CT molecular complexity index is 3640. The van der Waals surface area contributed by atoms with Gasteiger partial charge in [0.15, 0.2) is 0 Å². The second kappa shape index (κ2) is 15.4. The molecule has 0 aliphatic rings. The first-order chi connectivity index (χ1) is 29.4. The van der Waals surface area contributed by atoms with Gasteiger partial charge in [0.2, 0.25) is 10.9 Å². The van der Waals surface area contributed by atoms with E-state index < -0.39 is 0 Å². The molecule has 6 nitrogen and oxygen atoms in total. The average Bonchev–Trinajstić information content (AvgIpc) is 4.15. The third-order valence-corrected chi connectivity index (χ3v) is 18.4. The average molecular weight is 893 g/mol. The Balaban J connectivity index is 0.000000136. The van der Waals surface area contributed by atoms with E-state index in [1.54, 1.807) is 45.3 Å². The van der Waals surface area contributed by atoms with Gasteiger partial charge in [-0.2, -0.15) is 9.59 Å². The van der Waals surface area contributed by atoms with Crippen molar-refractivity contribution in [3.05, 3.63) is 139 Å². The summed E-state index contributed by atoms with van der Waals surface area (Å²) in [6, 6.07) is 32.2. The van der Waals surface area contributed by atoms with Crippen molar-refractivity contribution in [1.82, 2.24) is 0 Å². The van der Waals surface area contributed by atoms with Crippen molar-refractivity contribution in [1.29, 1.82) is 0 Å². The van der Waals surface area contributed by atoms with Gasteiger partial charge < -0.3 is 4.74 Å². The molecule has 0 saturated heterocycles. The monoisotopic (exact) mass is 892 g/mol. The maximum absolute atomic E-state index is 12.8. The zero-order valence-corrected chi connectivity index (χ0v) is 36.6. The summed E-state index contributed by atoms with van der Waals surface area (Å²) in [5.74, 6) is -0.261. The third kappa shape index (κ3) is 5.86. The molecule has 0 fully saturated rings. The number of aryl methyl sites for hydroxylation is 1. The molecule has 60 heavy (non-hydrogen) atoms. The first-order valence-corrected chi connectivity index (χ1v) is 24.0. The summed E-state index contributed by atoms with van der Waals surface area (Å²) in [7, 11) is 0. The maximum atomic E-state index is 12.8. The van der Waals surface area contributed by atoms with Gasteiger partial charge in [-0.25, -0.2) is 4.79 Å². The second-order valence-electron chi connectivity index (χ2n) is 13.9. The number of esters is 1. The zero-order chi connectivity index (χ0) is 41.2. The summed E-state index contributed by atoms with van der Waals surface area (Å²) < 4.78 is 17.0. The van der Waals surface area contributed by atoms with Crippen molar-refractivity contribution in [3.8, 4) is 22.3 Å². The van der Waals surface area contributed by atoms with Crippen LogP contribution in [0.4, 0.5) is 0 Å². The van der Waals surface area contributed by atoms with Crippen molar-refractivity contribution >= 4 is 159 Å². The topological polar surface area (TPSA) is 94.6 Å². The lowest BCUT2D eigenvalue weighted by Gasteiger charge is -2.07. The molecule has 12 aromatic rings. The summed E-state index contributed by atoms with van der Waals surface area (Å²) in [5, 5.41) is 10.4. The van der Waals surface area contributed by atoms with Crippen LogP contribution in [-0.4, -0.2) is 18.7 Å². The van der Waals surface area contributed by atoms with Gasteiger partial charge in [0.1, 0.15) is 0 Å². The van der Waals surface area contributed by atoms with E-state index in [1.165, 1.54) is 44.9 Å². The van der Waals surface area contributed by atoms with E-state index in [0.717, 1.165) is 68.7 Å². The van der Waals surface area contributed by atoms with Crippen LogP contribution in [0.25, 0.3) is 102 Å². The van der Waals surface area contributed by atoms with Crippen LogP contribution < -0.4 is 10.9 Å². The van der Waals surface area contributed by atoms with Gasteiger partial charge >= 0.3 is 12.1 Å². The van der Waals surface area contributed by atoms with Crippen LogP contribution in [0, 0.1) is 0 Å². The summed E-state index contributed by atoms with van der Waals surface area (Å²) >= 11 is 10.3. The van der Waals surface area contributed by atoms with Gasteiger partial charge in [-0.1, -0.05) is 97.9 Å². The minimum Gasteiger partial charge on any atom is -0.462 e. The first kappa shape index (κ1) is 38.5. The Morgan fingerprint density at radius 3 is 1.47 bits per heavy atom. The summed E-state index contributed by atoms with van der Waals surface area (Å²) in [6.07, 6.45) is 1.27. The van der Waals surface area contributed by atoms with Crippen LogP contribution in [0.1, 0.15) is 29.8 Å². The van der Waals surface area contributed by atoms with Gasteiger partial charge in [-0.05, 0) is 46.9 Å². The van der Waals surface area contributed by atoms with Gasteiger partial charge in [0.25, 0.3) is 0 Å². The summed E-state index contributed by atoms with van der Waals surface area (Å²) in [6.45, 7) is 4.42. The number of carbonyl (C=O) groups is 1. The van der Waals surface area contributed by atoms with Crippen molar-refractivity contribution in [2.45, 2.75) is 20.3 Å². The fourth-order valence-electron chi connectivity index (χ4n) is 8.16. The smallest absolute Gasteiger partial charge is 0.373 e. The molecular weight excluding hydrogens is 865 g/mol. The van der Waals surface area contributed by atoms with E-state index in [4.69, 9.17) is 14.3 Å². The summed E-state index contributed by atoms with van der Waals surface area (Å²) in [5.41, 5.74) is 7.00. The van der Waals surface area contributed by atoms with Crippen LogP contribution >= 0.6 is 68.0 Å². The van der Waals surface area contributed by atoms with E-state index >= 15 is 0 Å². The van der Waals surface area contributed by atoms with Crippen molar-refractivity contribution in [3.63, 3.8) is 0 Å². The molecule has 0 atom stereocenters. The normalized spacial score (nSPS) is 11.6. The van der Waals surface area contributed by atoms with Gasteiger partial charge in [-0.15, -0.1) is 68.0 Å². The lowest BCUT2D eigenvalue weighted by Crippen LogP contribution is -2.06. The van der Waals surface area contributed by atoms with Crippen LogP contribution in [-0.2, 0) is 20.7 Å². The number of rotatable bonds is 5. The van der Waals surface area contributed by atoms with Crippen molar-refractivity contribution in [2.24, 2.45) is 0 Å². The number of hydrogen-bond donors (Lipinski definition) is 0. The molecule has 0 aliphatic carbocycles. The minimum atomic E-state index is -0.261. The van der Waals surface area contributed by atoms with Crippen LogP contribution in [0.2, 0.25) is 0 Å². The predicted octanol–water partition coefficient (Wildman–Crippen LogP) is 14.1. The number of thiophene rings is 6. The molecule has 0 radical (unpaired) electrons. The van der Waals surface area contributed by atoms with E-state index in [1.807, 2.05) is 102 Å². The Labute approximate surface area is 364 Å². The Hall–Kier alpha value is -5.69. The SMILES string of the molecule is CCOC(=O)c1ccccc1-c1csc2c1sc1c(-c3ccccc3CC)csc12.O=C=O.O=c1c2ccccc2c2c1sc1c3sc4c(=O)c5ccccc5c4c3sc12. The fraction of sp³-hybridized carbons (Fsp3) is 0.0833. The molecule has 12 heteroatoms. The molecular formula is C48H28O6S6. The lowest BCUT2D eigenvalue weighted by atomic mass is 10.0. The van der Waals surface area contributed by atoms with Gasteiger partial charge in [-0.3, -0.25) is 9.59 Å².